The number of nitriles is 1. The maximum Gasteiger partial charge on any atom is 0.266 e. The molecule has 0 aliphatic heterocycles. The number of benzene rings is 3. The van der Waals surface area contributed by atoms with Crippen molar-refractivity contribution in [1.82, 2.24) is 0 Å². The Labute approximate surface area is 217 Å². The number of para-hydroxylation sites is 1. The summed E-state index contributed by atoms with van der Waals surface area (Å²) in [6.07, 6.45) is 1.44. The van der Waals surface area contributed by atoms with E-state index in [1.54, 1.807) is 48.5 Å². The zero-order valence-electron chi connectivity index (χ0n) is 17.9. The number of hydrogen-bond donors (Lipinski definition) is 1. The van der Waals surface area contributed by atoms with Crippen LogP contribution >= 0.6 is 46.4 Å². The van der Waals surface area contributed by atoms with Crippen LogP contribution in [0.25, 0.3) is 6.08 Å². The third-order valence-corrected chi connectivity index (χ3v) is 5.89. The second-order valence-electron chi connectivity index (χ2n) is 6.90. The molecule has 5 nitrogen and oxygen atoms in total. The van der Waals surface area contributed by atoms with Crippen molar-refractivity contribution in [2.75, 3.05) is 11.9 Å². The lowest BCUT2D eigenvalue weighted by molar-refractivity contribution is -0.112. The van der Waals surface area contributed by atoms with E-state index in [9.17, 15) is 10.1 Å². The van der Waals surface area contributed by atoms with E-state index in [0.29, 0.717) is 33.7 Å². The number of nitrogens with one attached hydrogen (secondary N) is 1. The fourth-order valence-corrected chi connectivity index (χ4v) is 3.72. The molecule has 3 rings (SSSR count). The molecule has 0 radical (unpaired) electrons. The number of anilines is 1. The third kappa shape index (κ3) is 6.59. The SMILES string of the molecule is CCOc1cc(/C=C(\C#N)C(=O)Nc2c(Cl)cccc2Cl)ccc1OCc1ccc(Cl)c(Cl)c1. The fraction of sp³-hybridized carbons (Fsp3) is 0.120. The van der Waals surface area contributed by atoms with Gasteiger partial charge in [0.2, 0.25) is 0 Å². The highest BCUT2D eigenvalue weighted by Gasteiger charge is 2.15. The van der Waals surface area contributed by atoms with Crippen LogP contribution in [0.1, 0.15) is 18.1 Å². The van der Waals surface area contributed by atoms with E-state index >= 15 is 0 Å². The second-order valence-corrected chi connectivity index (χ2v) is 8.53. The van der Waals surface area contributed by atoms with Crippen molar-refractivity contribution in [2.24, 2.45) is 0 Å². The summed E-state index contributed by atoms with van der Waals surface area (Å²) in [7, 11) is 0. The van der Waals surface area contributed by atoms with Crippen LogP contribution in [0, 0.1) is 11.3 Å². The van der Waals surface area contributed by atoms with E-state index in [1.807, 2.05) is 19.1 Å². The summed E-state index contributed by atoms with van der Waals surface area (Å²) in [6, 6.07) is 17.1. The van der Waals surface area contributed by atoms with Crippen molar-refractivity contribution in [3.8, 4) is 17.6 Å². The van der Waals surface area contributed by atoms with E-state index < -0.39 is 5.91 Å². The number of ether oxygens (including phenoxy) is 2. The van der Waals surface area contributed by atoms with Gasteiger partial charge in [-0.05, 0) is 60.5 Å². The zero-order valence-corrected chi connectivity index (χ0v) is 20.9. The summed E-state index contributed by atoms with van der Waals surface area (Å²) >= 11 is 24.2. The van der Waals surface area contributed by atoms with Gasteiger partial charge >= 0.3 is 0 Å². The van der Waals surface area contributed by atoms with E-state index in [0.717, 1.165) is 5.56 Å². The average molecular weight is 536 g/mol. The van der Waals surface area contributed by atoms with Crippen LogP contribution in [0.15, 0.2) is 60.2 Å². The molecular formula is C25H18Cl4N2O3. The highest BCUT2D eigenvalue weighted by Crippen LogP contribution is 2.32. The Morgan fingerprint density at radius 1 is 0.941 bits per heavy atom. The molecule has 0 atom stereocenters. The number of rotatable bonds is 8. The van der Waals surface area contributed by atoms with Crippen LogP contribution in [0.2, 0.25) is 20.1 Å². The molecule has 0 aromatic heterocycles. The van der Waals surface area contributed by atoms with Gasteiger partial charge in [-0.15, -0.1) is 0 Å². The lowest BCUT2D eigenvalue weighted by Crippen LogP contribution is -2.14. The van der Waals surface area contributed by atoms with Crippen molar-refractivity contribution < 1.29 is 14.3 Å². The van der Waals surface area contributed by atoms with Gasteiger partial charge in [-0.3, -0.25) is 4.79 Å². The van der Waals surface area contributed by atoms with Crippen LogP contribution in [0.4, 0.5) is 5.69 Å². The van der Waals surface area contributed by atoms with Gasteiger partial charge < -0.3 is 14.8 Å². The normalized spacial score (nSPS) is 11.0. The first kappa shape index (κ1) is 25.7. The predicted octanol–water partition coefficient (Wildman–Crippen LogP) is 7.82. The monoisotopic (exact) mass is 534 g/mol. The van der Waals surface area contributed by atoms with E-state index in [-0.39, 0.29) is 27.9 Å². The van der Waals surface area contributed by atoms with Crippen molar-refractivity contribution in [3.05, 3.63) is 91.4 Å². The van der Waals surface area contributed by atoms with Gasteiger partial charge in [-0.25, -0.2) is 0 Å². The quantitative estimate of drug-likeness (QED) is 0.235. The minimum absolute atomic E-state index is 0.136. The van der Waals surface area contributed by atoms with E-state index in [2.05, 4.69) is 5.32 Å². The van der Waals surface area contributed by atoms with E-state index in [4.69, 9.17) is 55.9 Å². The van der Waals surface area contributed by atoms with Crippen LogP contribution in [0.5, 0.6) is 11.5 Å². The van der Waals surface area contributed by atoms with Crippen molar-refractivity contribution >= 4 is 64.1 Å². The van der Waals surface area contributed by atoms with Gasteiger partial charge in [0, 0.05) is 0 Å². The lowest BCUT2D eigenvalue weighted by Gasteiger charge is -2.13. The molecule has 9 heteroatoms. The van der Waals surface area contributed by atoms with E-state index in [1.165, 1.54) is 6.08 Å². The largest absolute Gasteiger partial charge is 0.490 e. The van der Waals surface area contributed by atoms with Gasteiger partial charge in [-0.2, -0.15) is 5.26 Å². The predicted molar refractivity (Wildman–Crippen MR) is 137 cm³/mol. The average Bonchev–Trinajstić information content (AvgIpc) is 2.81. The molecule has 0 saturated heterocycles. The Morgan fingerprint density at radius 3 is 2.32 bits per heavy atom. The first-order chi connectivity index (χ1) is 16.3. The van der Waals surface area contributed by atoms with Crippen LogP contribution in [0.3, 0.4) is 0 Å². The lowest BCUT2D eigenvalue weighted by atomic mass is 10.1. The molecular weight excluding hydrogens is 518 g/mol. The van der Waals surface area contributed by atoms with Gasteiger partial charge in [0.05, 0.1) is 32.4 Å². The molecule has 3 aromatic rings. The molecule has 0 aliphatic carbocycles. The topological polar surface area (TPSA) is 71.3 Å². The molecule has 1 N–H and O–H groups in total. The minimum atomic E-state index is -0.643. The van der Waals surface area contributed by atoms with Gasteiger partial charge in [0.25, 0.3) is 5.91 Å². The molecule has 0 heterocycles. The zero-order chi connectivity index (χ0) is 24.7. The number of hydrogen-bond acceptors (Lipinski definition) is 4. The number of halogens is 4. The minimum Gasteiger partial charge on any atom is -0.490 e. The van der Waals surface area contributed by atoms with Crippen LogP contribution < -0.4 is 14.8 Å². The summed E-state index contributed by atoms with van der Waals surface area (Å²) in [4.78, 5) is 12.6. The summed E-state index contributed by atoms with van der Waals surface area (Å²) in [6.45, 7) is 2.48. The van der Waals surface area contributed by atoms with Crippen molar-refractivity contribution in [1.29, 1.82) is 5.26 Å². The number of amides is 1. The summed E-state index contributed by atoms with van der Waals surface area (Å²) < 4.78 is 11.6. The number of carbonyl (C=O) groups is 1. The van der Waals surface area contributed by atoms with Crippen molar-refractivity contribution in [2.45, 2.75) is 13.5 Å². The molecule has 34 heavy (non-hydrogen) atoms. The molecule has 1 amide bonds. The number of nitrogens with zero attached hydrogens (tertiary/aromatic N) is 1. The Morgan fingerprint density at radius 2 is 1.68 bits per heavy atom. The Hall–Kier alpha value is -2.88. The van der Waals surface area contributed by atoms with Crippen LogP contribution in [-0.2, 0) is 11.4 Å². The first-order valence-electron chi connectivity index (χ1n) is 10.0. The van der Waals surface area contributed by atoms with Crippen LogP contribution in [-0.4, -0.2) is 12.5 Å². The van der Waals surface area contributed by atoms with Gasteiger partial charge in [0.1, 0.15) is 18.2 Å². The summed E-state index contributed by atoms with van der Waals surface area (Å²) in [5, 5.41) is 13.5. The summed E-state index contributed by atoms with van der Waals surface area (Å²) in [5.74, 6) is 0.314. The van der Waals surface area contributed by atoms with Gasteiger partial charge in [-0.1, -0.05) is 64.6 Å². The molecule has 0 aliphatic rings. The molecule has 0 fully saturated rings. The second kappa shape index (κ2) is 12.0. The molecule has 0 bridgehead atoms. The first-order valence-corrected chi connectivity index (χ1v) is 11.5. The highest BCUT2D eigenvalue weighted by molar-refractivity contribution is 6.42. The molecule has 0 spiro atoms. The molecule has 3 aromatic carbocycles. The standard InChI is InChI=1S/C25H18Cl4N2O3/c1-2-33-23-12-15(7-9-22(23)34-14-16-6-8-18(26)21(29)11-16)10-17(13-30)25(32)31-24-19(27)4-3-5-20(24)28/h3-12H,2,14H2,1H3,(H,31,32)/b17-10+. The Kier molecular flexibility index (Phi) is 9.09. The third-order valence-electron chi connectivity index (χ3n) is 4.52. The maximum absolute atomic E-state index is 12.6. The Bertz CT molecular complexity index is 1270. The molecule has 0 saturated carbocycles. The molecule has 0 unspecified atom stereocenters. The smallest absolute Gasteiger partial charge is 0.266 e. The number of carbonyl (C=O) groups excluding carboxylic acids is 1. The molecule has 174 valence electrons. The van der Waals surface area contributed by atoms with Crippen molar-refractivity contribution in [3.63, 3.8) is 0 Å². The summed E-state index contributed by atoms with van der Waals surface area (Å²) in [5.41, 5.74) is 1.51. The fourth-order valence-electron chi connectivity index (χ4n) is 2.91. The van der Waals surface area contributed by atoms with Gasteiger partial charge in [0.15, 0.2) is 11.5 Å². The maximum atomic E-state index is 12.6. The Balaban J connectivity index is 1.81. The highest BCUT2D eigenvalue weighted by atomic mass is 35.5.